The van der Waals surface area contributed by atoms with Gasteiger partial charge in [0, 0.05) is 37.4 Å². The van der Waals surface area contributed by atoms with Gasteiger partial charge in [0.2, 0.25) is 15.9 Å². The molecule has 0 spiro atoms. The summed E-state index contributed by atoms with van der Waals surface area (Å²) in [6, 6.07) is 17.0. The van der Waals surface area contributed by atoms with Crippen LogP contribution in [0.4, 0.5) is 0 Å². The van der Waals surface area contributed by atoms with Crippen molar-refractivity contribution in [2.45, 2.75) is 31.7 Å². The lowest BCUT2D eigenvalue weighted by Crippen LogP contribution is -2.38. The molecule has 7 heteroatoms. The lowest BCUT2D eigenvalue weighted by atomic mass is 10.2. The van der Waals surface area contributed by atoms with Crippen LogP contribution in [0.5, 0.6) is 0 Å². The molecule has 158 valence electrons. The van der Waals surface area contributed by atoms with Gasteiger partial charge in [-0.05, 0) is 49.9 Å². The fourth-order valence-electron chi connectivity index (χ4n) is 4.04. The lowest BCUT2D eigenvalue weighted by molar-refractivity contribution is -0.131. The largest absolute Gasteiger partial charge is 0.340 e. The van der Waals surface area contributed by atoms with Gasteiger partial charge in [0.05, 0.1) is 4.90 Å². The van der Waals surface area contributed by atoms with E-state index in [4.69, 9.17) is 0 Å². The Labute approximate surface area is 177 Å². The first-order chi connectivity index (χ1) is 14.4. The molecule has 1 amide bonds. The highest BCUT2D eigenvalue weighted by Crippen LogP contribution is 2.21. The Bertz CT molecular complexity index is 1170. The number of hydrogen-bond acceptors (Lipinski definition) is 3. The molecule has 0 saturated carbocycles. The third-order valence-electron chi connectivity index (χ3n) is 5.78. The first-order valence-electron chi connectivity index (χ1n) is 10.3. The Hall–Kier alpha value is -2.64. The Kier molecular flexibility index (Phi) is 5.66. The molecule has 4 rings (SSSR count). The summed E-state index contributed by atoms with van der Waals surface area (Å²) in [6.07, 6.45) is 0.627. The van der Waals surface area contributed by atoms with E-state index in [2.05, 4.69) is 6.07 Å². The monoisotopic (exact) mass is 425 g/mol. The molecule has 1 aliphatic rings. The number of fused-ring (bicyclic) bond motifs is 1. The molecule has 3 aromatic rings. The van der Waals surface area contributed by atoms with Crippen molar-refractivity contribution in [1.82, 2.24) is 13.8 Å². The van der Waals surface area contributed by atoms with Crippen molar-refractivity contribution in [2.75, 3.05) is 26.2 Å². The van der Waals surface area contributed by atoms with Gasteiger partial charge in [0.15, 0.2) is 0 Å². The van der Waals surface area contributed by atoms with Crippen molar-refractivity contribution in [3.05, 3.63) is 65.9 Å². The van der Waals surface area contributed by atoms with Crippen molar-refractivity contribution in [2.24, 2.45) is 0 Å². The quantitative estimate of drug-likeness (QED) is 0.645. The zero-order chi connectivity index (χ0) is 21.3. The maximum absolute atomic E-state index is 13.0. The van der Waals surface area contributed by atoms with Crippen molar-refractivity contribution in [1.29, 1.82) is 0 Å². The number of benzene rings is 2. The van der Waals surface area contributed by atoms with Gasteiger partial charge in [0.1, 0.15) is 6.54 Å². The average molecular weight is 426 g/mol. The fraction of sp³-hybridized carbons (Fsp3) is 0.348. The van der Waals surface area contributed by atoms with E-state index in [-0.39, 0.29) is 12.5 Å². The van der Waals surface area contributed by atoms with Crippen LogP contribution in [0.3, 0.4) is 0 Å². The van der Waals surface area contributed by atoms with E-state index in [1.165, 1.54) is 4.31 Å². The van der Waals surface area contributed by atoms with E-state index in [9.17, 15) is 13.2 Å². The number of rotatable bonds is 4. The summed E-state index contributed by atoms with van der Waals surface area (Å²) in [7, 11) is -3.55. The predicted octanol–water partition coefficient (Wildman–Crippen LogP) is 3.18. The van der Waals surface area contributed by atoms with E-state index in [0.29, 0.717) is 37.5 Å². The molecule has 1 fully saturated rings. The van der Waals surface area contributed by atoms with Crippen molar-refractivity contribution >= 4 is 26.8 Å². The van der Waals surface area contributed by atoms with Crippen LogP contribution in [0, 0.1) is 13.8 Å². The second-order valence-electron chi connectivity index (χ2n) is 7.88. The van der Waals surface area contributed by atoms with Gasteiger partial charge >= 0.3 is 0 Å². The smallest absolute Gasteiger partial charge is 0.243 e. The summed E-state index contributed by atoms with van der Waals surface area (Å²) < 4.78 is 29.5. The van der Waals surface area contributed by atoms with Crippen LogP contribution in [-0.2, 0) is 21.4 Å². The van der Waals surface area contributed by atoms with E-state index >= 15 is 0 Å². The maximum Gasteiger partial charge on any atom is 0.243 e. The Morgan fingerprint density at radius 3 is 2.43 bits per heavy atom. The molecule has 0 unspecified atom stereocenters. The molecule has 0 N–H and O–H groups in total. The predicted molar refractivity (Wildman–Crippen MR) is 118 cm³/mol. The molecule has 0 radical (unpaired) electrons. The third-order valence-corrected chi connectivity index (χ3v) is 7.69. The summed E-state index contributed by atoms with van der Waals surface area (Å²) in [5, 5.41) is 1.12. The van der Waals surface area contributed by atoms with Crippen molar-refractivity contribution in [3.63, 3.8) is 0 Å². The minimum Gasteiger partial charge on any atom is -0.340 e. The summed E-state index contributed by atoms with van der Waals surface area (Å²) in [5.41, 5.74) is 3.11. The molecular formula is C23H27N3O3S. The van der Waals surface area contributed by atoms with E-state index < -0.39 is 10.0 Å². The molecule has 0 atom stereocenters. The molecule has 0 aliphatic carbocycles. The van der Waals surface area contributed by atoms with Crippen LogP contribution < -0.4 is 0 Å². The molecule has 1 saturated heterocycles. The highest BCUT2D eigenvalue weighted by molar-refractivity contribution is 7.89. The summed E-state index contributed by atoms with van der Waals surface area (Å²) in [5.74, 6) is 0.0223. The molecule has 2 heterocycles. The zero-order valence-corrected chi connectivity index (χ0v) is 18.2. The number of carbonyl (C=O) groups excluding carboxylic acids is 1. The molecule has 6 nitrogen and oxygen atoms in total. The number of sulfonamides is 1. The number of aromatic nitrogens is 1. The highest BCUT2D eigenvalue weighted by Gasteiger charge is 2.28. The van der Waals surface area contributed by atoms with Crippen LogP contribution in [-0.4, -0.2) is 54.3 Å². The first-order valence-corrected chi connectivity index (χ1v) is 11.7. The van der Waals surface area contributed by atoms with Gasteiger partial charge in [0.25, 0.3) is 0 Å². The van der Waals surface area contributed by atoms with Gasteiger partial charge in [-0.3, -0.25) is 4.79 Å². The van der Waals surface area contributed by atoms with Crippen LogP contribution in [0.1, 0.15) is 17.7 Å². The lowest BCUT2D eigenvalue weighted by Gasteiger charge is -2.22. The summed E-state index contributed by atoms with van der Waals surface area (Å²) >= 11 is 0. The number of para-hydroxylation sites is 1. The van der Waals surface area contributed by atoms with Gasteiger partial charge in [-0.25, -0.2) is 8.42 Å². The molecule has 30 heavy (non-hydrogen) atoms. The number of aryl methyl sites for hydroxylation is 2. The summed E-state index contributed by atoms with van der Waals surface area (Å²) in [4.78, 5) is 15.1. The van der Waals surface area contributed by atoms with Crippen molar-refractivity contribution < 1.29 is 13.2 Å². The van der Waals surface area contributed by atoms with Crippen LogP contribution >= 0.6 is 0 Å². The molecule has 2 aromatic carbocycles. The Morgan fingerprint density at radius 2 is 1.67 bits per heavy atom. The van der Waals surface area contributed by atoms with E-state index in [1.807, 2.05) is 54.8 Å². The molecule has 0 bridgehead atoms. The van der Waals surface area contributed by atoms with Gasteiger partial charge in [-0.2, -0.15) is 4.31 Å². The first kappa shape index (κ1) is 20.6. The molecule has 1 aromatic heterocycles. The van der Waals surface area contributed by atoms with E-state index in [1.54, 1.807) is 17.0 Å². The SMILES string of the molecule is Cc1ccc(S(=O)(=O)N2CCCN(C(=O)Cn3c(C)cc4ccccc43)CC2)cc1. The second-order valence-corrected chi connectivity index (χ2v) is 9.82. The maximum atomic E-state index is 13.0. The second kappa shape index (κ2) is 8.24. The fourth-order valence-corrected chi connectivity index (χ4v) is 5.51. The molecule has 1 aliphatic heterocycles. The minimum atomic E-state index is -3.55. The Balaban J connectivity index is 1.47. The minimum absolute atomic E-state index is 0.0223. The zero-order valence-electron chi connectivity index (χ0n) is 17.4. The normalized spacial score (nSPS) is 16.0. The topological polar surface area (TPSA) is 62.6 Å². The van der Waals surface area contributed by atoms with Crippen LogP contribution in [0.2, 0.25) is 0 Å². The number of hydrogen-bond donors (Lipinski definition) is 0. The third kappa shape index (κ3) is 4.00. The van der Waals surface area contributed by atoms with Gasteiger partial charge in [-0.1, -0.05) is 35.9 Å². The van der Waals surface area contributed by atoms with Gasteiger partial charge in [-0.15, -0.1) is 0 Å². The van der Waals surface area contributed by atoms with Crippen LogP contribution in [0.25, 0.3) is 10.9 Å². The standard InChI is InChI=1S/C23H27N3O3S/c1-18-8-10-21(11-9-18)30(28,29)25-13-5-12-24(14-15-25)23(27)17-26-19(2)16-20-6-3-4-7-22(20)26/h3-4,6-11,16H,5,12-15,17H2,1-2H3. The number of amides is 1. The Morgan fingerprint density at radius 1 is 0.933 bits per heavy atom. The number of carbonyl (C=O) groups is 1. The van der Waals surface area contributed by atoms with Crippen LogP contribution in [0.15, 0.2) is 59.5 Å². The van der Waals surface area contributed by atoms with Gasteiger partial charge < -0.3 is 9.47 Å². The molecular weight excluding hydrogens is 398 g/mol. The summed E-state index contributed by atoms with van der Waals surface area (Å²) in [6.45, 7) is 5.91. The number of nitrogens with zero attached hydrogens (tertiary/aromatic N) is 3. The van der Waals surface area contributed by atoms with Crippen molar-refractivity contribution in [3.8, 4) is 0 Å². The highest BCUT2D eigenvalue weighted by atomic mass is 32.2. The average Bonchev–Trinajstić information content (AvgIpc) is 2.90. The van der Waals surface area contributed by atoms with E-state index in [0.717, 1.165) is 22.2 Å².